The van der Waals surface area contributed by atoms with Crippen LogP contribution in [-0.2, 0) is 26.2 Å². The predicted octanol–water partition coefficient (Wildman–Crippen LogP) is 4.31. The van der Waals surface area contributed by atoms with Crippen molar-refractivity contribution in [2.75, 3.05) is 4.90 Å². The van der Waals surface area contributed by atoms with Crippen LogP contribution < -0.4 is 10.0 Å². The molecule has 0 fully saturated rings. The average Bonchev–Trinajstić information content (AvgIpc) is 3.32. The molecule has 0 saturated heterocycles. The highest BCUT2D eigenvalue weighted by Crippen LogP contribution is 2.41. The van der Waals surface area contributed by atoms with Gasteiger partial charge in [0, 0.05) is 6.92 Å². The minimum atomic E-state index is -4.17. The van der Waals surface area contributed by atoms with Gasteiger partial charge in [-0.2, -0.15) is 0 Å². The number of halogens is 1. The standard InChI is InChI=1S/C21H22ClN3O6S2/c1-10-8-11(2)18(12(3)15(10)9-30-14(5)26)25(21-17(22)13(4)24-31-21)20(27)19-16(6-7-32-19)33(23,28)29/h6-8H,9H2,1-5H3,(H2,23,28,29). The Hall–Kier alpha value is -2.73. The number of esters is 1. The van der Waals surface area contributed by atoms with E-state index in [-0.39, 0.29) is 27.3 Å². The van der Waals surface area contributed by atoms with Gasteiger partial charge >= 0.3 is 5.97 Å². The Labute approximate surface area is 200 Å². The van der Waals surface area contributed by atoms with Crippen molar-refractivity contribution in [2.45, 2.75) is 46.1 Å². The Morgan fingerprint density at radius 3 is 2.45 bits per heavy atom. The number of anilines is 2. The highest BCUT2D eigenvalue weighted by atomic mass is 35.5. The normalized spacial score (nSPS) is 11.5. The topological polar surface area (TPSA) is 133 Å². The van der Waals surface area contributed by atoms with E-state index in [4.69, 9.17) is 26.0 Å². The van der Waals surface area contributed by atoms with Gasteiger partial charge in [0.2, 0.25) is 10.0 Å². The lowest BCUT2D eigenvalue weighted by Crippen LogP contribution is -2.29. The van der Waals surface area contributed by atoms with Crippen LogP contribution in [0.5, 0.6) is 0 Å². The number of aromatic nitrogens is 1. The highest BCUT2D eigenvalue weighted by molar-refractivity contribution is 7.89. The Bertz CT molecular complexity index is 1360. The first-order valence-electron chi connectivity index (χ1n) is 9.64. The molecule has 2 N–H and O–H groups in total. The Morgan fingerprint density at radius 2 is 1.91 bits per heavy atom. The van der Waals surface area contributed by atoms with Crippen molar-refractivity contribution in [3.05, 3.63) is 55.4 Å². The molecule has 0 spiro atoms. The van der Waals surface area contributed by atoms with E-state index in [1.54, 1.807) is 20.8 Å². The van der Waals surface area contributed by atoms with E-state index in [0.29, 0.717) is 28.1 Å². The van der Waals surface area contributed by atoms with E-state index >= 15 is 0 Å². The van der Waals surface area contributed by atoms with Gasteiger partial charge in [-0.25, -0.2) is 18.5 Å². The van der Waals surface area contributed by atoms with Gasteiger partial charge in [0.1, 0.15) is 27.1 Å². The van der Waals surface area contributed by atoms with E-state index in [9.17, 15) is 18.0 Å². The zero-order chi connectivity index (χ0) is 24.7. The smallest absolute Gasteiger partial charge is 0.302 e. The number of thiophene rings is 1. The van der Waals surface area contributed by atoms with E-state index in [1.165, 1.54) is 23.3 Å². The van der Waals surface area contributed by atoms with Crippen LogP contribution in [0.2, 0.25) is 5.02 Å². The molecule has 2 aromatic heterocycles. The summed E-state index contributed by atoms with van der Waals surface area (Å²) in [6.45, 7) is 8.32. The van der Waals surface area contributed by atoms with Gasteiger partial charge in [-0.05, 0) is 61.4 Å². The number of carbonyl (C=O) groups excluding carboxylic acids is 2. The van der Waals surface area contributed by atoms with Gasteiger partial charge in [0.25, 0.3) is 11.8 Å². The molecule has 33 heavy (non-hydrogen) atoms. The van der Waals surface area contributed by atoms with Crippen molar-refractivity contribution >= 4 is 56.4 Å². The third-order valence-corrected chi connectivity index (χ3v) is 7.46. The summed E-state index contributed by atoms with van der Waals surface area (Å²) in [5.74, 6) is -1.23. The highest BCUT2D eigenvalue weighted by Gasteiger charge is 2.34. The van der Waals surface area contributed by atoms with Gasteiger partial charge in [-0.3, -0.25) is 9.59 Å². The van der Waals surface area contributed by atoms with Crippen LogP contribution in [0.25, 0.3) is 0 Å². The number of carbonyl (C=O) groups is 2. The van der Waals surface area contributed by atoms with Gasteiger partial charge < -0.3 is 9.26 Å². The van der Waals surface area contributed by atoms with E-state index in [1.807, 2.05) is 13.0 Å². The molecule has 0 bridgehead atoms. The first kappa shape index (κ1) is 24.9. The number of hydrogen-bond donors (Lipinski definition) is 1. The number of sulfonamides is 1. The van der Waals surface area contributed by atoms with Crippen LogP contribution in [0.1, 0.15) is 44.5 Å². The molecule has 12 heteroatoms. The van der Waals surface area contributed by atoms with Gasteiger partial charge in [0.05, 0.1) is 5.69 Å². The lowest BCUT2D eigenvalue weighted by molar-refractivity contribution is -0.142. The molecule has 0 atom stereocenters. The summed E-state index contributed by atoms with van der Waals surface area (Å²) in [6, 6.07) is 3.09. The maximum Gasteiger partial charge on any atom is 0.302 e. The van der Waals surface area contributed by atoms with Gasteiger partial charge in [0.15, 0.2) is 0 Å². The fraction of sp³-hybridized carbons (Fsp3) is 0.286. The largest absolute Gasteiger partial charge is 0.461 e. The molecule has 176 valence electrons. The molecule has 0 saturated carbocycles. The molecule has 0 radical (unpaired) electrons. The molecule has 0 aliphatic rings. The molecule has 0 aliphatic carbocycles. The molecule has 0 unspecified atom stereocenters. The number of aryl methyl sites for hydroxylation is 3. The molecule has 9 nitrogen and oxygen atoms in total. The quantitative estimate of drug-likeness (QED) is 0.487. The van der Waals surface area contributed by atoms with Crippen molar-refractivity contribution in [2.24, 2.45) is 5.14 Å². The number of benzene rings is 1. The van der Waals surface area contributed by atoms with Crippen molar-refractivity contribution in [1.29, 1.82) is 0 Å². The minimum Gasteiger partial charge on any atom is -0.461 e. The Kier molecular flexibility index (Phi) is 6.99. The van der Waals surface area contributed by atoms with Crippen molar-refractivity contribution in [3.63, 3.8) is 0 Å². The fourth-order valence-electron chi connectivity index (χ4n) is 3.51. The second-order valence-electron chi connectivity index (χ2n) is 7.43. The van der Waals surface area contributed by atoms with Gasteiger partial charge in [-0.1, -0.05) is 22.8 Å². The third-order valence-electron chi connectivity index (χ3n) is 5.04. The fourth-order valence-corrected chi connectivity index (χ4v) is 5.57. The van der Waals surface area contributed by atoms with Crippen LogP contribution >= 0.6 is 22.9 Å². The number of rotatable bonds is 6. The van der Waals surface area contributed by atoms with Crippen LogP contribution in [0.15, 0.2) is 26.9 Å². The monoisotopic (exact) mass is 511 g/mol. The Balaban J connectivity index is 2.30. The maximum absolute atomic E-state index is 13.8. The van der Waals surface area contributed by atoms with E-state index < -0.39 is 21.9 Å². The van der Waals surface area contributed by atoms with Crippen molar-refractivity contribution in [3.8, 4) is 0 Å². The van der Waals surface area contributed by atoms with E-state index in [2.05, 4.69) is 5.16 Å². The molecule has 1 aromatic carbocycles. The summed E-state index contributed by atoms with van der Waals surface area (Å²) in [6.07, 6.45) is 0. The number of primary sulfonamides is 1. The molecule has 3 rings (SSSR count). The van der Waals surface area contributed by atoms with Crippen LogP contribution in [0.3, 0.4) is 0 Å². The van der Waals surface area contributed by atoms with Crippen LogP contribution in [-0.4, -0.2) is 25.5 Å². The molecule has 1 amide bonds. The van der Waals surface area contributed by atoms with E-state index in [0.717, 1.165) is 16.9 Å². The minimum absolute atomic E-state index is 0.00704. The summed E-state index contributed by atoms with van der Waals surface area (Å²) < 4.78 is 34.7. The third kappa shape index (κ3) is 4.81. The predicted molar refractivity (Wildman–Crippen MR) is 125 cm³/mol. The zero-order valence-corrected chi connectivity index (χ0v) is 20.9. The summed E-state index contributed by atoms with van der Waals surface area (Å²) in [7, 11) is -4.17. The second kappa shape index (κ2) is 9.26. The molecule has 3 aromatic rings. The number of ether oxygens (including phenoxy) is 1. The maximum atomic E-state index is 13.8. The molecular formula is C21H22ClN3O6S2. The second-order valence-corrected chi connectivity index (χ2v) is 10.3. The van der Waals surface area contributed by atoms with Crippen molar-refractivity contribution in [1.82, 2.24) is 5.16 Å². The Morgan fingerprint density at radius 1 is 1.24 bits per heavy atom. The summed E-state index contributed by atoms with van der Waals surface area (Å²) in [5, 5.41) is 10.7. The molecular weight excluding hydrogens is 490 g/mol. The molecule has 0 aliphatic heterocycles. The SMILES string of the molecule is CC(=O)OCc1c(C)cc(C)c(N(C(=O)c2sccc2S(N)(=O)=O)c2onc(C)c2Cl)c1C. The first-order chi connectivity index (χ1) is 15.3. The summed E-state index contributed by atoms with van der Waals surface area (Å²) in [5.41, 5.74) is 3.60. The lowest BCUT2D eigenvalue weighted by atomic mass is 9.96. The first-order valence-corrected chi connectivity index (χ1v) is 12.4. The van der Waals surface area contributed by atoms with Crippen LogP contribution in [0, 0.1) is 27.7 Å². The number of amides is 1. The summed E-state index contributed by atoms with van der Waals surface area (Å²) in [4.78, 5) is 26.0. The van der Waals surface area contributed by atoms with Crippen molar-refractivity contribution < 1.29 is 27.3 Å². The number of hydrogen-bond acceptors (Lipinski definition) is 8. The lowest BCUT2D eigenvalue weighted by Gasteiger charge is -2.26. The molecule has 2 heterocycles. The van der Waals surface area contributed by atoms with Gasteiger partial charge in [-0.15, -0.1) is 11.3 Å². The van der Waals surface area contributed by atoms with Crippen LogP contribution in [0.4, 0.5) is 11.6 Å². The zero-order valence-electron chi connectivity index (χ0n) is 18.6. The summed E-state index contributed by atoms with van der Waals surface area (Å²) >= 11 is 7.33. The number of nitrogens with zero attached hydrogens (tertiary/aromatic N) is 2. The number of nitrogens with two attached hydrogens (primary N) is 1. The average molecular weight is 512 g/mol.